The molecule has 5 heteroatoms. The molecule has 0 unspecified atom stereocenters. The Morgan fingerprint density at radius 1 is 1.64 bits per heavy atom. The molecule has 2 N–H and O–H groups in total. The Bertz CT molecular complexity index is 371. The first-order valence-corrected chi connectivity index (χ1v) is 4.95. The molecule has 0 fully saturated rings. The molecular weight excluding hydrogens is 196 g/mol. The third-order valence-corrected chi connectivity index (χ3v) is 2.38. The summed E-state index contributed by atoms with van der Waals surface area (Å²) < 4.78 is 0. The molecule has 72 valence electrons. The molecule has 0 aliphatic carbocycles. The van der Waals surface area contributed by atoms with E-state index in [1.54, 1.807) is 13.0 Å². The highest BCUT2D eigenvalue weighted by Gasteiger charge is 2.07. The van der Waals surface area contributed by atoms with E-state index in [1.165, 1.54) is 11.8 Å². The maximum Gasteiger partial charge on any atom is 0.190 e. The predicted molar refractivity (Wildman–Crippen MR) is 56.8 cm³/mol. The van der Waals surface area contributed by atoms with Gasteiger partial charge in [0, 0.05) is 5.75 Å². The first kappa shape index (κ1) is 10.5. The van der Waals surface area contributed by atoms with E-state index in [4.69, 9.17) is 11.0 Å². The van der Waals surface area contributed by atoms with Gasteiger partial charge in [-0.15, -0.1) is 6.58 Å². The Morgan fingerprint density at radius 2 is 2.36 bits per heavy atom. The van der Waals surface area contributed by atoms with Gasteiger partial charge in [0.1, 0.15) is 17.5 Å². The Hall–Kier alpha value is -1.54. The van der Waals surface area contributed by atoms with E-state index in [-0.39, 0.29) is 5.82 Å². The molecule has 0 amide bonds. The molecule has 1 heterocycles. The van der Waals surface area contributed by atoms with Crippen molar-refractivity contribution in [3.63, 3.8) is 0 Å². The number of aromatic nitrogens is 2. The Morgan fingerprint density at radius 3 is 2.86 bits per heavy atom. The number of nitrogens with zero attached hydrogens (tertiary/aromatic N) is 3. The Balaban J connectivity index is 3.02. The van der Waals surface area contributed by atoms with Crippen molar-refractivity contribution in [2.75, 3.05) is 11.5 Å². The lowest BCUT2D eigenvalue weighted by Crippen LogP contribution is -2.02. The highest BCUT2D eigenvalue weighted by molar-refractivity contribution is 7.99. The predicted octanol–water partition coefficient (Wildman–Crippen LogP) is 1.52. The van der Waals surface area contributed by atoms with Crippen molar-refractivity contribution in [2.45, 2.75) is 12.1 Å². The largest absolute Gasteiger partial charge is 0.382 e. The van der Waals surface area contributed by atoms with Crippen LogP contribution in [0.2, 0.25) is 0 Å². The second-order valence-corrected chi connectivity index (χ2v) is 3.55. The summed E-state index contributed by atoms with van der Waals surface area (Å²) in [5, 5.41) is 9.32. The molecule has 1 aromatic heterocycles. The zero-order valence-electron chi connectivity index (χ0n) is 7.82. The molecule has 4 nitrogen and oxygen atoms in total. The van der Waals surface area contributed by atoms with E-state index in [9.17, 15) is 0 Å². The highest BCUT2D eigenvalue weighted by Crippen LogP contribution is 2.18. The van der Waals surface area contributed by atoms with Crippen LogP contribution in [-0.4, -0.2) is 15.7 Å². The zero-order valence-corrected chi connectivity index (χ0v) is 8.64. The molecule has 0 saturated carbocycles. The number of thioether (sulfide) groups is 1. The fraction of sp³-hybridized carbons (Fsp3) is 0.222. The molecule has 0 aromatic carbocycles. The zero-order chi connectivity index (χ0) is 10.6. The van der Waals surface area contributed by atoms with Crippen LogP contribution < -0.4 is 5.73 Å². The fourth-order valence-electron chi connectivity index (χ4n) is 0.905. The molecule has 1 rings (SSSR count). The summed E-state index contributed by atoms with van der Waals surface area (Å²) in [7, 11) is 0. The van der Waals surface area contributed by atoms with Gasteiger partial charge < -0.3 is 5.73 Å². The second-order valence-electron chi connectivity index (χ2n) is 2.56. The smallest absolute Gasteiger partial charge is 0.190 e. The normalized spacial score (nSPS) is 9.43. The van der Waals surface area contributed by atoms with E-state index in [0.29, 0.717) is 16.4 Å². The number of hydrogen-bond acceptors (Lipinski definition) is 5. The van der Waals surface area contributed by atoms with Crippen LogP contribution in [0.15, 0.2) is 17.8 Å². The van der Waals surface area contributed by atoms with Gasteiger partial charge in [-0.25, -0.2) is 9.97 Å². The first-order chi connectivity index (χ1) is 6.69. The molecule has 0 atom stereocenters. The summed E-state index contributed by atoms with van der Waals surface area (Å²) >= 11 is 1.44. The molecule has 1 aromatic rings. The lowest BCUT2D eigenvalue weighted by atomic mass is 10.2. The van der Waals surface area contributed by atoms with Gasteiger partial charge in [0.2, 0.25) is 0 Å². The highest BCUT2D eigenvalue weighted by atomic mass is 32.2. The summed E-state index contributed by atoms with van der Waals surface area (Å²) in [4.78, 5) is 8.15. The summed E-state index contributed by atoms with van der Waals surface area (Å²) in [6.45, 7) is 5.34. The van der Waals surface area contributed by atoms with E-state index in [0.717, 1.165) is 5.75 Å². The van der Waals surface area contributed by atoms with Gasteiger partial charge in [-0.1, -0.05) is 17.8 Å². The van der Waals surface area contributed by atoms with Gasteiger partial charge >= 0.3 is 0 Å². The summed E-state index contributed by atoms with van der Waals surface area (Å²) in [6.07, 6.45) is 1.76. The molecule has 14 heavy (non-hydrogen) atoms. The molecular formula is C9H10N4S. The Labute approximate surface area is 86.9 Å². The topological polar surface area (TPSA) is 75.6 Å². The second kappa shape index (κ2) is 4.63. The van der Waals surface area contributed by atoms with Crippen LogP contribution in [0, 0.1) is 18.3 Å². The van der Waals surface area contributed by atoms with Crippen molar-refractivity contribution >= 4 is 17.6 Å². The minimum Gasteiger partial charge on any atom is -0.382 e. The molecule has 0 bridgehead atoms. The molecule has 0 spiro atoms. The molecule has 0 aliphatic rings. The lowest BCUT2D eigenvalue weighted by molar-refractivity contribution is 0.934. The summed E-state index contributed by atoms with van der Waals surface area (Å²) in [5.74, 6) is 0.969. The van der Waals surface area contributed by atoms with Gasteiger partial charge in [0.25, 0.3) is 0 Å². The summed E-state index contributed by atoms with van der Waals surface area (Å²) in [6, 6.07) is 1.97. The van der Waals surface area contributed by atoms with E-state index in [1.807, 2.05) is 6.07 Å². The number of hydrogen-bond donors (Lipinski definition) is 1. The molecule has 0 saturated heterocycles. The van der Waals surface area contributed by atoms with Crippen molar-refractivity contribution in [1.82, 2.24) is 9.97 Å². The minimum absolute atomic E-state index is 0.242. The van der Waals surface area contributed by atoms with Crippen LogP contribution in [0.5, 0.6) is 0 Å². The van der Waals surface area contributed by atoms with Crippen LogP contribution in [0.1, 0.15) is 11.3 Å². The van der Waals surface area contributed by atoms with Crippen molar-refractivity contribution in [3.05, 3.63) is 23.9 Å². The number of anilines is 1. The van der Waals surface area contributed by atoms with Crippen LogP contribution >= 0.6 is 11.8 Å². The quantitative estimate of drug-likeness (QED) is 0.461. The maximum absolute atomic E-state index is 8.73. The fourth-order valence-corrected chi connectivity index (χ4v) is 1.54. The van der Waals surface area contributed by atoms with Crippen molar-refractivity contribution in [1.29, 1.82) is 5.26 Å². The van der Waals surface area contributed by atoms with Gasteiger partial charge in [0.05, 0.1) is 5.69 Å². The SMILES string of the molecule is C=CCSc1nc(C)c(C#N)c(N)n1. The lowest BCUT2D eigenvalue weighted by Gasteiger charge is -2.03. The minimum atomic E-state index is 0.242. The average molecular weight is 206 g/mol. The number of aryl methyl sites for hydroxylation is 1. The number of nitriles is 1. The van der Waals surface area contributed by atoms with Crippen LogP contribution in [0.25, 0.3) is 0 Å². The Kier molecular flexibility index (Phi) is 3.48. The van der Waals surface area contributed by atoms with E-state index in [2.05, 4.69) is 16.5 Å². The van der Waals surface area contributed by atoms with Gasteiger partial charge in [-0.2, -0.15) is 5.26 Å². The number of nitrogens with two attached hydrogens (primary N) is 1. The van der Waals surface area contributed by atoms with Gasteiger partial charge in [-0.05, 0) is 6.92 Å². The molecule has 0 radical (unpaired) electrons. The third-order valence-electron chi connectivity index (χ3n) is 1.54. The summed E-state index contributed by atoms with van der Waals surface area (Å²) in [5.41, 5.74) is 6.56. The standard InChI is InChI=1S/C9H10N4S/c1-3-4-14-9-12-6(2)7(5-10)8(11)13-9/h3H,1,4H2,2H3,(H2,11,12,13). The number of rotatable bonds is 3. The van der Waals surface area contributed by atoms with E-state index < -0.39 is 0 Å². The van der Waals surface area contributed by atoms with Crippen LogP contribution in [-0.2, 0) is 0 Å². The van der Waals surface area contributed by atoms with Crippen molar-refractivity contribution < 1.29 is 0 Å². The van der Waals surface area contributed by atoms with E-state index >= 15 is 0 Å². The van der Waals surface area contributed by atoms with Crippen molar-refractivity contribution in [3.8, 4) is 6.07 Å². The van der Waals surface area contributed by atoms with Crippen LogP contribution in [0.4, 0.5) is 5.82 Å². The van der Waals surface area contributed by atoms with Crippen molar-refractivity contribution in [2.24, 2.45) is 0 Å². The third kappa shape index (κ3) is 2.24. The van der Waals surface area contributed by atoms with Crippen LogP contribution in [0.3, 0.4) is 0 Å². The number of nitrogen functional groups attached to an aromatic ring is 1. The van der Waals surface area contributed by atoms with Gasteiger partial charge in [-0.3, -0.25) is 0 Å². The van der Waals surface area contributed by atoms with Gasteiger partial charge in [0.15, 0.2) is 5.16 Å². The maximum atomic E-state index is 8.73. The first-order valence-electron chi connectivity index (χ1n) is 3.97. The average Bonchev–Trinajstić information content (AvgIpc) is 2.14. The molecule has 0 aliphatic heterocycles. The monoisotopic (exact) mass is 206 g/mol.